The van der Waals surface area contributed by atoms with Gasteiger partial charge < -0.3 is 0 Å². The molecule has 2 aromatic carbocycles. The van der Waals surface area contributed by atoms with Crippen LogP contribution in [0.4, 0.5) is 0 Å². The van der Waals surface area contributed by atoms with Gasteiger partial charge in [-0.1, -0.05) is 67.7 Å². The Balaban J connectivity index is 2.03. The molecule has 1 aromatic heterocycles. The van der Waals surface area contributed by atoms with Gasteiger partial charge in [-0.15, -0.1) is 0 Å². The van der Waals surface area contributed by atoms with Gasteiger partial charge in [-0.3, -0.25) is 4.98 Å². The fraction of sp³-hybridized carbons (Fsp3) is 0.0952. The van der Waals surface area contributed by atoms with E-state index in [0.29, 0.717) is 0 Å². The molecule has 0 radical (unpaired) electrons. The molecule has 0 saturated heterocycles. The molecule has 0 unspecified atom stereocenters. The van der Waals surface area contributed by atoms with Crippen molar-refractivity contribution in [1.82, 2.24) is 4.98 Å². The molecule has 4 rings (SSSR count). The van der Waals surface area contributed by atoms with Crippen LogP contribution in [0.1, 0.15) is 16.7 Å². The summed E-state index contributed by atoms with van der Waals surface area (Å²) < 4.78 is 0. The van der Waals surface area contributed by atoms with Crippen molar-refractivity contribution in [3.63, 3.8) is 0 Å². The van der Waals surface area contributed by atoms with E-state index in [1.54, 1.807) is 0 Å². The summed E-state index contributed by atoms with van der Waals surface area (Å²) in [6.07, 6.45) is 6.26. The van der Waals surface area contributed by atoms with Crippen LogP contribution in [-0.4, -0.2) is 13.1 Å². The average Bonchev–Trinajstić information content (AvgIpc) is 2.60. The minimum atomic E-state index is -1.67. The fourth-order valence-electron chi connectivity index (χ4n) is 3.58. The van der Waals surface area contributed by atoms with Crippen LogP contribution in [0, 0.1) is 0 Å². The molecule has 1 aliphatic heterocycles. The number of fused-ring (bicyclic) bond motifs is 2. The predicted molar refractivity (Wildman–Crippen MR) is 101 cm³/mol. The Kier molecular flexibility index (Phi) is 3.28. The quantitative estimate of drug-likeness (QED) is 0.623. The van der Waals surface area contributed by atoms with Gasteiger partial charge in [-0.05, 0) is 39.2 Å². The number of benzene rings is 2. The second-order valence-corrected chi connectivity index (χ2v) is 10.9. The van der Waals surface area contributed by atoms with Crippen LogP contribution in [0.2, 0.25) is 13.1 Å². The van der Waals surface area contributed by atoms with Gasteiger partial charge in [0.1, 0.15) is 8.07 Å². The Morgan fingerprint density at radius 3 is 2.30 bits per heavy atom. The lowest BCUT2D eigenvalue weighted by Crippen LogP contribution is -2.57. The minimum Gasteiger partial charge on any atom is -0.264 e. The van der Waals surface area contributed by atoms with Gasteiger partial charge in [-0.2, -0.15) is 0 Å². The maximum atomic E-state index is 4.41. The molecule has 1 nitrogen and oxygen atoms in total. The molecule has 0 aliphatic carbocycles. The van der Waals surface area contributed by atoms with Gasteiger partial charge in [-0.25, -0.2) is 0 Å². The third kappa shape index (κ3) is 2.27. The predicted octanol–water partition coefficient (Wildman–Crippen LogP) is 3.81. The number of nitrogens with zero attached hydrogens (tertiary/aromatic N) is 1. The van der Waals surface area contributed by atoms with Gasteiger partial charge in [0.15, 0.2) is 0 Å². The smallest absolute Gasteiger partial charge is 0.113 e. The molecule has 112 valence electrons. The van der Waals surface area contributed by atoms with E-state index in [4.69, 9.17) is 0 Å². The van der Waals surface area contributed by atoms with Crippen LogP contribution in [0.15, 0.2) is 73.1 Å². The first-order valence-electron chi connectivity index (χ1n) is 7.99. The van der Waals surface area contributed by atoms with Crippen molar-refractivity contribution in [2.45, 2.75) is 13.1 Å². The monoisotopic (exact) mass is 313 g/mol. The van der Waals surface area contributed by atoms with E-state index >= 15 is 0 Å². The van der Waals surface area contributed by atoms with Crippen molar-refractivity contribution in [3.8, 4) is 0 Å². The Bertz CT molecular complexity index is 843. The molecule has 0 spiro atoms. The molecule has 3 aromatic rings. The maximum absolute atomic E-state index is 4.41. The van der Waals surface area contributed by atoms with Gasteiger partial charge in [0.05, 0.1) is 0 Å². The van der Waals surface area contributed by atoms with Crippen LogP contribution >= 0.6 is 0 Å². The number of aromatic nitrogens is 1. The first-order chi connectivity index (χ1) is 11.2. The molecule has 1 aliphatic rings. The summed E-state index contributed by atoms with van der Waals surface area (Å²) >= 11 is 0. The number of hydrogen-bond donors (Lipinski definition) is 0. The second-order valence-electron chi connectivity index (χ2n) is 6.56. The van der Waals surface area contributed by atoms with E-state index in [1.807, 2.05) is 12.4 Å². The van der Waals surface area contributed by atoms with Crippen LogP contribution in [0.25, 0.3) is 11.6 Å². The summed E-state index contributed by atoms with van der Waals surface area (Å²) in [4.78, 5) is 4.41. The molecule has 0 atom stereocenters. The van der Waals surface area contributed by atoms with Crippen LogP contribution in [0.3, 0.4) is 0 Å². The van der Waals surface area contributed by atoms with E-state index in [-0.39, 0.29) is 0 Å². The zero-order valence-electron chi connectivity index (χ0n) is 13.5. The zero-order valence-corrected chi connectivity index (χ0v) is 14.5. The lowest BCUT2D eigenvalue weighted by molar-refractivity contribution is 1.31. The molecule has 0 bridgehead atoms. The molecule has 23 heavy (non-hydrogen) atoms. The number of pyridine rings is 1. The molecule has 0 saturated carbocycles. The largest absolute Gasteiger partial charge is 0.264 e. The third-order valence-electron chi connectivity index (χ3n) is 4.79. The van der Waals surface area contributed by atoms with Crippen molar-refractivity contribution >= 4 is 30.1 Å². The van der Waals surface area contributed by atoms with E-state index in [9.17, 15) is 0 Å². The van der Waals surface area contributed by atoms with Gasteiger partial charge in [0.25, 0.3) is 0 Å². The summed E-state index contributed by atoms with van der Waals surface area (Å²) in [6.45, 7) is 4.87. The van der Waals surface area contributed by atoms with E-state index < -0.39 is 8.07 Å². The Morgan fingerprint density at radius 2 is 1.48 bits per heavy atom. The highest BCUT2D eigenvalue weighted by Gasteiger charge is 2.36. The molecule has 0 fully saturated rings. The van der Waals surface area contributed by atoms with Crippen LogP contribution < -0.4 is 10.4 Å². The highest BCUT2D eigenvalue weighted by Crippen LogP contribution is 2.30. The normalized spacial score (nSPS) is 16.7. The highest BCUT2D eigenvalue weighted by atomic mass is 28.3. The first-order valence-corrected chi connectivity index (χ1v) is 11.0. The van der Waals surface area contributed by atoms with Crippen LogP contribution in [0.5, 0.6) is 0 Å². The Hall–Kier alpha value is -2.45. The molecule has 0 amide bonds. The third-order valence-corrected chi connectivity index (χ3v) is 8.35. The van der Waals surface area contributed by atoms with Crippen molar-refractivity contribution in [2.75, 3.05) is 0 Å². The lowest BCUT2D eigenvalue weighted by atomic mass is 9.96. The number of hydrogen-bond acceptors (Lipinski definition) is 1. The molecule has 2 heterocycles. The van der Waals surface area contributed by atoms with Gasteiger partial charge in [0.2, 0.25) is 0 Å². The molecule has 2 heteroatoms. The summed E-state index contributed by atoms with van der Waals surface area (Å²) in [5.41, 5.74) is 5.19. The molecular formula is C21H19NSi. The summed E-state index contributed by atoms with van der Waals surface area (Å²) in [7, 11) is -1.67. The van der Waals surface area contributed by atoms with Gasteiger partial charge in [0, 0.05) is 18.0 Å². The standard InChI is InChI=1S/C21H19NSi/c1-23(2)20-11-7-6-10-17(20)18(14-16-8-4-3-5-9-16)19-15-22-13-12-21(19)23/h3-15H,1-2H3. The van der Waals surface area contributed by atoms with Crippen molar-refractivity contribution in [3.05, 3.63) is 89.7 Å². The Labute approximate surface area is 138 Å². The minimum absolute atomic E-state index is 1.23. The van der Waals surface area contributed by atoms with Crippen molar-refractivity contribution < 1.29 is 0 Å². The topological polar surface area (TPSA) is 12.9 Å². The highest BCUT2D eigenvalue weighted by molar-refractivity contribution is 7.02. The van der Waals surface area contributed by atoms with Crippen LogP contribution in [-0.2, 0) is 0 Å². The molecular weight excluding hydrogens is 294 g/mol. The summed E-state index contributed by atoms with van der Waals surface area (Å²) in [6, 6.07) is 21.6. The summed E-state index contributed by atoms with van der Waals surface area (Å²) in [5.74, 6) is 0. The second kappa shape index (κ2) is 5.32. The fourth-order valence-corrected chi connectivity index (χ4v) is 6.64. The van der Waals surface area contributed by atoms with E-state index in [1.165, 1.54) is 32.6 Å². The zero-order chi connectivity index (χ0) is 15.9. The SMILES string of the molecule is C[Si]1(C)c2ccccc2C(=Cc2ccccc2)c2cnccc21. The van der Waals surface area contributed by atoms with Crippen molar-refractivity contribution in [1.29, 1.82) is 0 Å². The van der Waals surface area contributed by atoms with E-state index in [0.717, 1.165) is 0 Å². The average molecular weight is 313 g/mol. The lowest BCUT2D eigenvalue weighted by Gasteiger charge is -2.34. The van der Waals surface area contributed by atoms with Crippen molar-refractivity contribution in [2.24, 2.45) is 0 Å². The maximum Gasteiger partial charge on any atom is 0.113 e. The Morgan fingerprint density at radius 1 is 0.783 bits per heavy atom. The van der Waals surface area contributed by atoms with Gasteiger partial charge >= 0.3 is 0 Å². The first kappa shape index (κ1) is 14.2. The molecule has 0 N–H and O–H groups in total. The summed E-state index contributed by atoms with van der Waals surface area (Å²) in [5, 5.41) is 2.99. The number of rotatable bonds is 1. The van der Waals surface area contributed by atoms with E-state index in [2.05, 4.69) is 84.8 Å².